The largest absolute Gasteiger partial charge is 0.340 e. The Balaban J connectivity index is 2.05. The summed E-state index contributed by atoms with van der Waals surface area (Å²) in [5.74, 6) is 0.583. The van der Waals surface area contributed by atoms with Gasteiger partial charge in [-0.3, -0.25) is 9.20 Å². The summed E-state index contributed by atoms with van der Waals surface area (Å²) in [6.45, 7) is 6.49. The Hall–Kier alpha value is -2.14. The molecule has 0 aliphatic heterocycles. The van der Waals surface area contributed by atoms with Gasteiger partial charge in [0.1, 0.15) is 5.82 Å². The molecule has 3 rings (SSSR count). The molecule has 0 bridgehead atoms. The van der Waals surface area contributed by atoms with Crippen LogP contribution in [0, 0.1) is 0 Å². The maximum absolute atomic E-state index is 12.0. The van der Waals surface area contributed by atoms with Gasteiger partial charge in [-0.05, 0) is 17.0 Å². The lowest BCUT2D eigenvalue weighted by molar-refractivity contribution is 0.592. The topological polar surface area (TPSA) is 46.4 Å². The minimum absolute atomic E-state index is 0.0195. The first kappa shape index (κ1) is 13.8. The molecule has 4 nitrogen and oxygen atoms in total. The Morgan fingerprint density at radius 2 is 2.00 bits per heavy atom. The number of aromatic nitrogens is 2. The predicted octanol–water partition coefficient (Wildman–Crippen LogP) is 3.80. The molecule has 5 heteroatoms. The zero-order valence-electron chi connectivity index (χ0n) is 12.3. The van der Waals surface area contributed by atoms with E-state index in [2.05, 4.69) is 37.1 Å². The average Bonchev–Trinajstić information content (AvgIpc) is 2.87. The van der Waals surface area contributed by atoms with Crippen molar-refractivity contribution in [3.8, 4) is 0 Å². The average molecular weight is 299 g/mol. The molecular formula is C16H17N3OS. The van der Waals surface area contributed by atoms with Gasteiger partial charge in [-0.25, -0.2) is 4.98 Å². The quantitative estimate of drug-likeness (QED) is 0.783. The van der Waals surface area contributed by atoms with Crippen LogP contribution in [0.25, 0.3) is 4.96 Å². The van der Waals surface area contributed by atoms with E-state index in [9.17, 15) is 4.79 Å². The Kier molecular flexibility index (Phi) is 3.29. The molecule has 0 radical (unpaired) electrons. The molecule has 2 aromatic heterocycles. The van der Waals surface area contributed by atoms with Crippen molar-refractivity contribution in [2.24, 2.45) is 0 Å². The van der Waals surface area contributed by atoms with Crippen molar-refractivity contribution in [2.45, 2.75) is 26.2 Å². The second-order valence-electron chi connectivity index (χ2n) is 5.96. The smallest absolute Gasteiger partial charge is 0.260 e. The number of nitrogens with zero attached hydrogens (tertiary/aromatic N) is 2. The van der Waals surface area contributed by atoms with Crippen molar-refractivity contribution in [1.82, 2.24) is 9.38 Å². The van der Waals surface area contributed by atoms with Crippen molar-refractivity contribution in [3.63, 3.8) is 0 Å². The van der Waals surface area contributed by atoms with E-state index in [0.29, 0.717) is 10.8 Å². The summed E-state index contributed by atoms with van der Waals surface area (Å²) in [6, 6.07) is 9.64. The highest BCUT2D eigenvalue weighted by molar-refractivity contribution is 7.15. The first-order chi connectivity index (χ1) is 9.95. The first-order valence-corrected chi connectivity index (χ1v) is 7.66. The van der Waals surface area contributed by atoms with Gasteiger partial charge in [0, 0.05) is 23.3 Å². The van der Waals surface area contributed by atoms with Gasteiger partial charge in [0.05, 0.1) is 0 Å². The number of thiazole rings is 1. The molecule has 0 saturated heterocycles. The summed E-state index contributed by atoms with van der Waals surface area (Å²) in [4.78, 5) is 17.2. The van der Waals surface area contributed by atoms with Crippen molar-refractivity contribution in [2.75, 3.05) is 5.32 Å². The fourth-order valence-electron chi connectivity index (χ4n) is 2.29. The van der Waals surface area contributed by atoms with Gasteiger partial charge in [0.2, 0.25) is 0 Å². The Morgan fingerprint density at radius 1 is 1.24 bits per heavy atom. The Bertz CT molecular complexity index is 842. The summed E-state index contributed by atoms with van der Waals surface area (Å²) < 4.78 is 1.55. The zero-order chi connectivity index (χ0) is 15.0. The van der Waals surface area contributed by atoms with Crippen LogP contribution in [0.5, 0.6) is 0 Å². The van der Waals surface area contributed by atoms with Crippen LogP contribution in [0.15, 0.2) is 46.7 Å². The summed E-state index contributed by atoms with van der Waals surface area (Å²) in [7, 11) is 0. The van der Waals surface area contributed by atoms with Gasteiger partial charge in [0.15, 0.2) is 4.96 Å². The van der Waals surface area contributed by atoms with Crippen LogP contribution in [0.2, 0.25) is 0 Å². The highest BCUT2D eigenvalue weighted by atomic mass is 32.1. The SMILES string of the molecule is CC(C)(C)c1ccccc1Nc1cc(=O)n2ccsc2n1. The molecule has 0 unspecified atom stereocenters. The van der Waals surface area contributed by atoms with E-state index in [1.165, 1.54) is 23.0 Å². The second kappa shape index (κ2) is 5.00. The van der Waals surface area contributed by atoms with E-state index >= 15 is 0 Å². The predicted molar refractivity (Wildman–Crippen MR) is 87.8 cm³/mol. The van der Waals surface area contributed by atoms with E-state index < -0.39 is 0 Å². The van der Waals surface area contributed by atoms with Crippen molar-refractivity contribution >= 4 is 27.8 Å². The monoisotopic (exact) mass is 299 g/mol. The molecule has 0 saturated carbocycles. The van der Waals surface area contributed by atoms with Crippen LogP contribution in [0.3, 0.4) is 0 Å². The lowest BCUT2D eigenvalue weighted by Gasteiger charge is -2.23. The molecule has 21 heavy (non-hydrogen) atoms. The molecule has 3 aromatic rings. The molecule has 1 N–H and O–H groups in total. The van der Waals surface area contributed by atoms with E-state index in [1.807, 2.05) is 23.6 Å². The van der Waals surface area contributed by atoms with E-state index in [1.54, 1.807) is 10.6 Å². The standard InChI is InChI=1S/C16H17N3OS/c1-16(2,3)11-6-4-5-7-12(11)17-13-10-14(20)19-8-9-21-15(19)18-13/h4-10,17H,1-3H3. The molecule has 1 aromatic carbocycles. The molecule has 0 amide bonds. The number of rotatable bonds is 2. The van der Waals surface area contributed by atoms with Crippen LogP contribution in [0.1, 0.15) is 26.3 Å². The third-order valence-electron chi connectivity index (χ3n) is 3.30. The molecule has 0 spiro atoms. The van der Waals surface area contributed by atoms with E-state index in [4.69, 9.17) is 0 Å². The lowest BCUT2D eigenvalue weighted by atomic mass is 9.86. The third-order valence-corrected chi connectivity index (χ3v) is 4.06. The number of anilines is 2. The van der Waals surface area contributed by atoms with Gasteiger partial charge >= 0.3 is 0 Å². The number of nitrogens with one attached hydrogen (secondary N) is 1. The maximum atomic E-state index is 12.0. The first-order valence-electron chi connectivity index (χ1n) is 6.78. The van der Waals surface area contributed by atoms with Gasteiger partial charge in [-0.15, -0.1) is 11.3 Å². The highest BCUT2D eigenvalue weighted by Gasteiger charge is 2.17. The summed E-state index contributed by atoms with van der Waals surface area (Å²) in [5.41, 5.74) is 2.12. The fraction of sp³-hybridized carbons (Fsp3) is 0.250. The fourth-order valence-corrected chi connectivity index (χ4v) is 3.01. The number of para-hydroxylation sites is 1. The summed E-state index contributed by atoms with van der Waals surface area (Å²) >= 11 is 1.45. The minimum Gasteiger partial charge on any atom is -0.340 e. The number of benzene rings is 1. The summed E-state index contributed by atoms with van der Waals surface area (Å²) in [5, 5.41) is 5.14. The van der Waals surface area contributed by atoms with Crippen molar-refractivity contribution in [1.29, 1.82) is 0 Å². The van der Waals surface area contributed by atoms with Crippen molar-refractivity contribution in [3.05, 3.63) is 57.8 Å². The number of fused-ring (bicyclic) bond motifs is 1. The molecule has 0 fully saturated rings. The molecule has 2 heterocycles. The molecule has 0 aliphatic rings. The van der Waals surface area contributed by atoms with Crippen LogP contribution < -0.4 is 10.9 Å². The van der Waals surface area contributed by atoms with E-state index in [-0.39, 0.29) is 11.0 Å². The van der Waals surface area contributed by atoms with Crippen LogP contribution in [-0.4, -0.2) is 9.38 Å². The Morgan fingerprint density at radius 3 is 2.76 bits per heavy atom. The molecule has 0 aliphatic carbocycles. The van der Waals surface area contributed by atoms with Gasteiger partial charge in [-0.1, -0.05) is 39.0 Å². The third kappa shape index (κ3) is 2.69. The van der Waals surface area contributed by atoms with Crippen LogP contribution in [-0.2, 0) is 5.41 Å². The second-order valence-corrected chi connectivity index (χ2v) is 6.83. The Labute approximate surface area is 127 Å². The zero-order valence-corrected chi connectivity index (χ0v) is 13.1. The maximum Gasteiger partial charge on any atom is 0.260 e. The molecule has 0 atom stereocenters. The normalized spacial score (nSPS) is 11.8. The van der Waals surface area contributed by atoms with E-state index in [0.717, 1.165) is 5.69 Å². The van der Waals surface area contributed by atoms with Gasteiger partial charge in [0.25, 0.3) is 5.56 Å². The molecule has 108 valence electrons. The lowest BCUT2D eigenvalue weighted by Crippen LogP contribution is -2.15. The highest BCUT2D eigenvalue weighted by Crippen LogP contribution is 2.30. The van der Waals surface area contributed by atoms with Crippen LogP contribution >= 0.6 is 11.3 Å². The van der Waals surface area contributed by atoms with Crippen LogP contribution in [0.4, 0.5) is 11.5 Å². The number of hydrogen-bond donors (Lipinski definition) is 1. The van der Waals surface area contributed by atoms with Gasteiger partial charge in [-0.2, -0.15) is 0 Å². The minimum atomic E-state index is -0.0722. The summed E-state index contributed by atoms with van der Waals surface area (Å²) in [6.07, 6.45) is 1.74. The molecular weight excluding hydrogens is 282 g/mol. The van der Waals surface area contributed by atoms with Crippen molar-refractivity contribution < 1.29 is 0 Å². The van der Waals surface area contributed by atoms with Gasteiger partial charge < -0.3 is 5.32 Å². The number of hydrogen-bond acceptors (Lipinski definition) is 4.